The van der Waals surface area contributed by atoms with Gasteiger partial charge in [0.2, 0.25) is 0 Å². The van der Waals surface area contributed by atoms with Gasteiger partial charge in [-0.25, -0.2) is 4.79 Å². The Morgan fingerprint density at radius 1 is 1.19 bits per heavy atom. The predicted molar refractivity (Wildman–Crippen MR) is 81.3 cm³/mol. The third-order valence-electron chi connectivity index (χ3n) is 5.46. The number of rotatable bonds is 3. The van der Waals surface area contributed by atoms with Crippen LogP contribution in [0.15, 0.2) is 18.2 Å². The maximum Gasteiger partial charge on any atom is 0.340 e. The van der Waals surface area contributed by atoms with Gasteiger partial charge in [-0.1, -0.05) is 37.5 Å². The van der Waals surface area contributed by atoms with Crippen molar-refractivity contribution in [3.05, 3.63) is 34.9 Å². The second kappa shape index (κ2) is 5.45. The van der Waals surface area contributed by atoms with Gasteiger partial charge in [-0.2, -0.15) is 0 Å². The van der Waals surface area contributed by atoms with E-state index in [-0.39, 0.29) is 0 Å². The molecule has 2 aliphatic carbocycles. The molecule has 21 heavy (non-hydrogen) atoms. The average Bonchev–Trinajstić information content (AvgIpc) is 2.91. The summed E-state index contributed by atoms with van der Waals surface area (Å²) >= 11 is 0. The Balaban J connectivity index is 1.86. The van der Waals surface area contributed by atoms with Gasteiger partial charge in [-0.05, 0) is 61.1 Å². The molecule has 2 N–H and O–H groups in total. The van der Waals surface area contributed by atoms with Gasteiger partial charge in [0.25, 0.3) is 0 Å². The first kappa shape index (κ1) is 14.6. The molecule has 0 bridgehead atoms. The molecule has 0 aliphatic heterocycles. The van der Waals surface area contributed by atoms with E-state index < -0.39 is 11.6 Å². The summed E-state index contributed by atoms with van der Waals surface area (Å²) in [5, 5.41) is 19.3. The Morgan fingerprint density at radius 3 is 2.57 bits per heavy atom. The standard InChI is InChI=1S/C18H24O3/c1-18(21,17(19)20)14-8-10-16-13(11-14)7-9-15(16)12-5-3-2-4-6-12/h8,10-12,15,21H,2-7,9H2,1H3,(H,19,20). The normalized spacial score (nSPS) is 25.3. The second-order valence-electron chi connectivity index (χ2n) is 6.83. The van der Waals surface area contributed by atoms with Gasteiger partial charge in [-0.3, -0.25) is 0 Å². The molecule has 1 fully saturated rings. The van der Waals surface area contributed by atoms with Gasteiger partial charge in [0.05, 0.1) is 0 Å². The van der Waals surface area contributed by atoms with Crippen molar-refractivity contribution in [2.45, 2.75) is 63.4 Å². The largest absolute Gasteiger partial charge is 0.479 e. The Hall–Kier alpha value is -1.35. The van der Waals surface area contributed by atoms with Crippen LogP contribution in [0.5, 0.6) is 0 Å². The minimum absolute atomic E-state index is 0.498. The number of aliphatic carboxylic acids is 1. The van der Waals surface area contributed by atoms with Crippen LogP contribution in [0.25, 0.3) is 0 Å². The lowest BCUT2D eigenvalue weighted by Crippen LogP contribution is -2.31. The molecule has 0 aromatic heterocycles. The summed E-state index contributed by atoms with van der Waals surface area (Å²) in [4.78, 5) is 11.2. The average molecular weight is 288 g/mol. The van der Waals surface area contributed by atoms with Crippen molar-refractivity contribution in [2.75, 3.05) is 0 Å². The van der Waals surface area contributed by atoms with Crippen LogP contribution in [0.1, 0.15) is 68.1 Å². The lowest BCUT2D eigenvalue weighted by Gasteiger charge is -2.28. The van der Waals surface area contributed by atoms with E-state index in [2.05, 4.69) is 6.07 Å². The third kappa shape index (κ3) is 2.59. The third-order valence-corrected chi connectivity index (χ3v) is 5.46. The van der Waals surface area contributed by atoms with E-state index in [1.54, 1.807) is 6.07 Å². The summed E-state index contributed by atoms with van der Waals surface area (Å²) in [5.74, 6) is 0.249. The summed E-state index contributed by atoms with van der Waals surface area (Å²) in [6, 6.07) is 5.77. The SMILES string of the molecule is CC(O)(C(=O)O)c1ccc2c(c1)CCC2C1CCCCC1. The quantitative estimate of drug-likeness (QED) is 0.893. The highest BCUT2D eigenvalue weighted by Crippen LogP contribution is 2.44. The number of benzene rings is 1. The number of carboxylic acid groups (broad SMARTS) is 1. The molecule has 3 nitrogen and oxygen atoms in total. The molecule has 0 heterocycles. The summed E-state index contributed by atoms with van der Waals surface area (Å²) < 4.78 is 0. The van der Waals surface area contributed by atoms with Crippen LogP contribution in [0.4, 0.5) is 0 Å². The molecule has 3 heteroatoms. The first-order valence-corrected chi connectivity index (χ1v) is 8.09. The van der Waals surface area contributed by atoms with Crippen LogP contribution < -0.4 is 0 Å². The number of carbonyl (C=O) groups is 1. The summed E-state index contributed by atoms with van der Waals surface area (Å²) in [6.07, 6.45) is 8.93. The molecule has 1 aromatic rings. The van der Waals surface area contributed by atoms with Crippen molar-refractivity contribution in [2.24, 2.45) is 5.92 Å². The minimum Gasteiger partial charge on any atom is -0.479 e. The lowest BCUT2D eigenvalue weighted by atomic mass is 9.77. The van der Waals surface area contributed by atoms with Crippen LogP contribution in [-0.4, -0.2) is 16.2 Å². The Morgan fingerprint density at radius 2 is 1.90 bits per heavy atom. The number of aliphatic hydroxyl groups is 1. The van der Waals surface area contributed by atoms with Crippen LogP contribution in [0.3, 0.4) is 0 Å². The van der Waals surface area contributed by atoms with Crippen LogP contribution in [0, 0.1) is 5.92 Å². The van der Waals surface area contributed by atoms with Crippen LogP contribution >= 0.6 is 0 Å². The Kier molecular flexibility index (Phi) is 3.78. The Labute approximate surface area is 126 Å². The molecule has 1 saturated carbocycles. The van der Waals surface area contributed by atoms with Gasteiger partial charge in [-0.15, -0.1) is 0 Å². The van der Waals surface area contributed by atoms with E-state index in [9.17, 15) is 9.90 Å². The molecule has 0 radical (unpaired) electrons. The van der Waals surface area contributed by atoms with Gasteiger partial charge < -0.3 is 10.2 Å². The van der Waals surface area contributed by atoms with Crippen molar-refractivity contribution >= 4 is 5.97 Å². The van der Waals surface area contributed by atoms with Gasteiger partial charge in [0.15, 0.2) is 5.60 Å². The highest BCUT2D eigenvalue weighted by molar-refractivity contribution is 5.78. The molecular formula is C18H24O3. The Bertz CT molecular complexity index is 541. The zero-order chi connectivity index (χ0) is 15.0. The summed E-state index contributed by atoms with van der Waals surface area (Å²) in [5.41, 5.74) is 1.34. The number of fused-ring (bicyclic) bond motifs is 1. The first-order valence-electron chi connectivity index (χ1n) is 8.09. The van der Waals surface area contributed by atoms with E-state index >= 15 is 0 Å². The molecular weight excluding hydrogens is 264 g/mol. The van der Waals surface area contributed by atoms with Crippen LogP contribution in [0.2, 0.25) is 0 Å². The second-order valence-corrected chi connectivity index (χ2v) is 6.83. The van der Waals surface area contributed by atoms with E-state index in [1.165, 1.54) is 56.6 Å². The molecule has 1 aromatic carbocycles. The molecule has 0 saturated heterocycles. The van der Waals surface area contributed by atoms with Crippen molar-refractivity contribution in [3.8, 4) is 0 Å². The van der Waals surface area contributed by atoms with E-state index in [4.69, 9.17) is 5.11 Å². The van der Waals surface area contributed by atoms with Crippen molar-refractivity contribution in [1.29, 1.82) is 0 Å². The molecule has 2 atom stereocenters. The molecule has 2 unspecified atom stereocenters. The van der Waals surface area contributed by atoms with E-state index in [0.29, 0.717) is 11.5 Å². The first-order chi connectivity index (χ1) is 10.00. The monoisotopic (exact) mass is 288 g/mol. The maximum atomic E-state index is 11.2. The fraction of sp³-hybridized carbons (Fsp3) is 0.611. The van der Waals surface area contributed by atoms with Crippen molar-refractivity contribution < 1.29 is 15.0 Å². The number of aryl methyl sites for hydroxylation is 1. The van der Waals surface area contributed by atoms with Crippen molar-refractivity contribution in [3.63, 3.8) is 0 Å². The zero-order valence-electron chi connectivity index (χ0n) is 12.6. The number of hydrogen-bond donors (Lipinski definition) is 2. The van der Waals surface area contributed by atoms with Gasteiger partial charge in [0, 0.05) is 0 Å². The molecule has 2 aliphatic rings. The lowest BCUT2D eigenvalue weighted by molar-refractivity contribution is -0.157. The highest BCUT2D eigenvalue weighted by atomic mass is 16.4. The number of carboxylic acids is 1. The van der Waals surface area contributed by atoms with E-state index in [1.807, 2.05) is 6.07 Å². The smallest absolute Gasteiger partial charge is 0.340 e. The fourth-order valence-corrected chi connectivity index (χ4v) is 4.10. The maximum absolute atomic E-state index is 11.2. The van der Waals surface area contributed by atoms with Gasteiger partial charge in [0.1, 0.15) is 0 Å². The zero-order valence-corrected chi connectivity index (χ0v) is 12.6. The molecule has 114 valence electrons. The summed E-state index contributed by atoms with van der Waals surface area (Å²) in [7, 11) is 0. The van der Waals surface area contributed by atoms with E-state index in [0.717, 1.165) is 12.3 Å². The summed E-state index contributed by atoms with van der Waals surface area (Å²) in [6.45, 7) is 1.35. The topological polar surface area (TPSA) is 57.5 Å². The van der Waals surface area contributed by atoms with Crippen LogP contribution in [-0.2, 0) is 16.8 Å². The molecule has 0 amide bonds. The molecule has 0 spiro atoms. The fourth-order valence-electron chi connectivity index (χ4n) is 4.10. The number of hydrogen-bond acceptors (Lipinski definition) is 2. The van der Waals surface area contributed by atoms with Crippen molar-refractivity contribution in [1.82, 2.24) is 0 Å². The highest BCUT2D eigenvalue weighted by Gasteiger charge is 2.35. The molecule has 3 rings (SSSR count). The minimum atomic E-state index is -1.79. The van der Waals surface area contributed by atoms with Gasteiger partial charge >= 0.3 is 5.97 Å². The predicted octanol–water partition coefficient (Wildman–Crippen LogP) is 3.59.